The molecule has 0 aromatic carbocycles. The molecule has 0 saturated carbocycles. The number of nitrogens with zero attached hydrogens (tertiary/aromatic N) is 5. The molecule has 1 aliphatic carbocycles. The number of carboxylic acids is 1. The second-order valence-electron chi connectivity index (χ2n) is 7.12. The Hall–Kier alpha value is -3.00. The largest absolute Gasteiger partial charge is 0.476 e. The van der Waals surface area contributed by atoms with Gasteiger partial charge in [-0.2, -0.15) is 5.10 Å². The molecular weight excluding hydrogens is 358 g/mol. The van der Waals surface area contributed by atoms with Gasteiger partial charge < -0.3 is 9.63 Å². The molecule has 1 atom stereocenters. The maximum atomic E-state index is 11.6. The zero-order valence-corrected chi connectivity index (χ0v) is 16.0. The summed E-state index contributed by atoms with van der Waals surface area (Å²) in [6, 6.07) is 5.96. The van der Waals surface area contributed by atoms with Crippen LogP contribution in [0.4, 0.5) is 0 Å². The van der Waals surface area contributed by atoms with E-state index in [1.807, 2.05) is 36.9 Å². The van der Waals surface area contributed by atoms with Gasteiger partial charge in [-0.05, 0) is 45.4 Å². The molecule has 1 aliphatic rings. The Labute approximate surface area is 162 Å². The van der Waals surface area contributed by atoms with E-state index in [0.29, 0.717) is 19.5 Å². The number of carbonyl (C=O) groups is 1. The number of carboxylic acid groups (broad SMARTS) is 1. The van der Waals surface area contributed by atoms with Crippen LogP contribution in [0.15, 0.2) is 35.1 Å². The lowest BCUT2D eigenvalue weighted by molar-refractivity contribution is 0.0687. The molecular formula is C20H23N5O3. The fourth-order valence-electron chi connectivity index (χ4n) is 3.90. The number of hydrogen-bond donors (Lipinski definition) is 1. The van der Waals surface area contributed by atoms with Crippen LogP contribution in [0.3, 0.4) is 0 Å². The highest BCUT2D eigenvalue weighted by Crippen LogP contribution is 2.28. The van der Waals surface area contributed by atoms with E-state index in [4.69, 9.17) is 4.52 Å². The van der Waals surface area contributed by atoms with E-state index in [1.165, 1.54) is 0 Å². The van der Waals surface area contributed by atoms with Crippen molar-refractivity contribution in [3.63, 3.8) is 0 Å². The molecule has 3 aromatic rings. The molecule has 8 heteroatoms. The van der Waals surface area contributed by atoms with Crippen molar-refractivity contribution in [3.8, 4) is 11.3 Å². The fourth-order valence-corrected chi connectivity index (χ4v) is 3.90. The van der Waals surface area contributed by atoms with Gasteiger partial charge in [0.25, 0.3) is 0 Å². The third kappa shape index (κ3) is 3.43. The monoisotopic (exact) mass is 381 g/mol. The molecule has 8 nitrogen and oxygen atoms in total. The number of likely N-dealkylation sites (N-methyl/N-ethyl adjacent to an activating group) is 1. The normalized spacial score (nSPS) is 16.3. The van der Waals surface area contributed by atoms with Crippen LogP contribution in [-0.2, 0) is 25.9 Å². The lowest BCUT2D eigenvalue weighted by Crippen LogP contribution is -2.36. The van der Waals surface area contributed by atoms with Crippen LogP contribution in [0.2, 0.25) is 0 Å². The van der Waals surface area contributed by atoms with Crippen molar-refractivity contribution in [2.45, 2.75) is 45.3 Å². The number of pyridine rings is 1. The zero-order chi connectivity index (χ0) is 19.7. The fraction of sp³-hybridized carbons (Fsp3) is 0.400. The topological polar surface area (TPSA) is 97.3 Å². The molecule has 146 valence electrons. The van der Waals surface area contributed by atoms with Crippen molar-refractivity contribution in [1.29, 1.82) is 0 Å². The Kier molecular flexibility index (Phi) is 4.95. The Morgan fingerprint density at radius 1 is 1.39 bits per heavy atom. The SMILES string of the molecule is CCn1nc(C(=O)O)c2c1CCC(N(C)Cc1cc(-c3ccncc3)no1)C2. The lowest BCUT2D eigenvalue weighted by atomic mass is 9.90. The summed E-state index contributed by atoms with van der Waals surface area (Å²) in [4.78, 5) is 17.8. The van der Waals surface area contributed by atoms with Gasteiger partial charge in [0.05, 0.1) is 6.54 Å². The molecule has 1 N–H and O–H groups in total. The minimum absolute atomic E-state index is 0.189. The molecule has 0 spiro atoms. The van der Waals surface area contributed by atoms with Crippen molar-refractivity contribution < 1.29 is 14.4 Å². The van der Waals surface area contributed by atoms with E-state index in [2.05, 4.69) is 20.1 Å². The van der Waals surface area contributed by atoms with Crippen molar-refractivity contribution >= 4 is 5.97 Å². The number of hydrogen-bond acceptors (Lipinski definition) is 6. The molecule has 0 aliphatic heterocycles. The number of rotatable bonds is 6. The maximum absolute atomic E-state index is 11.6. The number of fused-ring (bicyclic) bond motifs is 1. The van der Waals surface area contributed by atoms with Crippen LogP contribution in [0.5, 0.6) is 0 Å². The first-order chi connectivity index (χ1) is 13.6. The minimum Gasteiger partial charge on any atom is -0.476 e. The van der Waals surface area contributed by atoms with Crippen LogP contribution in [0, 0.1) is 0 Å². The summed E-state index contributed by atoms with van der Waals surface area (Å²) in [5.41, 5.74) is 3.87. The van der Waals surface area contributed by atoms with E-state index < -0.39 is 5.97 Å². The van der Waals surface area contributed by atoms with Gasteiger partial charge in [0.1, 0.15) is 5.69 Å². The standard InChI is InChI=1S/C20H23N5O3/c1-3-25-18-5-4-14(10-16(18)19(22-25)20(26)27)24(2)12-15-11-17(23-28-15)13-6-8-21-9-7-13/h6-9,11,14H,3-5,10,12H2,1-2H3,(H,26,27). The smallest absolute Gasteiger partial charge is 0.356 e. The molecule has 28 heavy (non-hydrogen) atoms. The number of aryl methyl sites for hydroxylation is 1. The van der Waals surface area contributed by atoms with E-state index in [0.717, 1.165) is 41.1 Å². The van der Waals surface area contributed by atoms with Gasteiger partial charge in [0, 0.05) is 47.9 Å². The maximum Gasteiger partial charge on any atom is 0.356 e. The second kappa shape index (κ2) is 7.55. The molecule has 0 saturated heterocycles. The highest BCUT2D eigenvalue weighted by Gasteiger charge is 2.30. The predicted molar refractivity (Wildman–Crippen MR) is 102 cm³/mol. The second-order valence-corrected chi connectivity index (χ2v) is 7.12. The summed E-state index contributed by atoms with van der Waals surface area (Å²) in [6.07, 6.45) is 5.92. The molecule has 0 amide bonds. The Morgan fingerprint density at radius 3 is 2.89 bits per heavy atom. The Morgan fingerprint density at radius 2 is 2.18 bits per heavy atom. The molecule has 1 unspecified atom stereocenters. The average molecular weight is 381 g/mol. The zero-order valence-electron chi connectivity index (χ0n) is 16.0. The lowest BCUT2D eigenvalue weighted by Gasteiger charge is -2.30. The molecule has 0 fully saturated rings. The van der Waals surface area contributed by atoms with Gasteiger partial charge in [-0.15, -0.1) is 0 Å². The van der Waals surface area contributed by atoms with E-state index in [-0.39, 0.29) is 11.7 Å². The van der Waals surface area contributed by atoms with Gasteiger partial charge in [0.2, 0.25) is 0 Å². The highest BCUT2D eigenvalue weighted by molar-refractivity contribution is 5.87. The third-order valence-electron chi connectivity index (χ3n) is 5.39. The van der Waals surface area contributed by atoms with Crippen molar-refractivity contribution in [2.24, 2.45) is 0 Å². The van der Waals surface area contributed by atoms with Crippen molar-refractivity contribution in [2.75, 3.05) is 7.05 Å². The molecule has 0 radical (unpaired) electrons. The number of aromatic carboxylic acids is 1. The van der Waals surface area contributed by atoms with Crippen molar-refractivity contribution in [1.82, 2.24) is 24.8 Å². The van der Waals surface area contributed by atoms with Gasteiger partial charge in [-0.25, -0.2) is 4.79 Å². The van der Waals surface area contributed by atoms with Crippen LogP contribution in [0.1, 0.15) is 40.9 Å². The van der Waals surface area contributed by atoms with Crippen molar-refractivity contribution in [3.05, 3.63) is 53.3 Å². The molecule has 3 aromatic heterocycles. The summed E-state index contributed by atoms with van der Waals surface area (Å²) in [5.74, 6) is -0.174. The average Bonchev–Trinajstić information content (AvgIpc) is 3.32. The first kappa shape index (κ1) is 18.4. The summed E-state index contributed by atoms with van der Waals surface area (Å²) in [5, 5.41) is 17.9. The first-order valence-electron chi connectivity index (χ1n) is 9.45. The molecule has 0 bridgehead atoms. The summed E-state index contributed by atoms with van der Waals surface area (Å²) >= 11 is 0. The van der Waals surface area contributed by atoms with Gasteiger partial charge >= 0.3 is 5.97 Å². The molecule has 4 rings (SSSR count). The molecule has 3 heterocycles. The van der Waals surface area contributed by atoms with Crippen LogP contribution in [0.25, 0.3) is 11.3 Å². The highest BCUT2D eigenvalue weighted by atomic mass is 16.5. The number of aromatic nitrogens is 4. The third-order valence-corrected chi connectivity index (χ3v) is 5.39. The first-order valence-corrected chi connectivity index (χ1v) is 9.45. The van der Waals surface area contributed by atoms with Crippen LogP contribution >= 0.6 is 0 Å². The summed E-state index contributed by atoms with van der Waals surface area (Å²) in [6.45, 7) is 3.29. The van der Waals surface area contributed by atoms with E-state index >= 15 is 0 Å². The van der Waals surface area contributed by atoms with Crippen LogP contribution < -0.4 is 0 Å². The summed E-state index contributed by atoms with van der Waals surface area (Å²) in [7, 11) is 2.04. The minimum atomic E-state index is -0.955. The quantitative estimate of drug-likeness (QED) is 0.701. The van der Waals surface area contributed by atoms with Crippen LogP contribution in [-0.4, -0.2) is 49.0 Å². The summed E-state index contributed by atoms with van der Waals surface area (Å²) < 4.78 is 7.34. The van der Waals surface area contributed by atoms with E-state index in [9.17, 15) is 9.90 Å². The Bertz CT molecular complexity index is 979. The van der Waals surface area contributed by atoms with Gasteiger partial charge in [0.15, 0.2) is 11.5 Å². The van der Waals surface area contributed by atoms with E-state index in [1.54, 1.807) is 12.4 Å². The van der Waals surface area contributed by atoms with Gasteiger partial charge in [-0.1, -0.05) is 5.16 Å². The Balaban J connectivity index is 1.48. The predicted octanol–water partition coefficient (Wildman–Crippen LogP) is 2.64. The van der Waals surface area contributed by atoms with Gasteiger partial charge in [-0.3, -0.25) is 14.6 Å².